The molecule has 0 aliphatic carbocycles. The molecule has 1 aromatic rings. The van der Waals surface area contributed by atoms with Gasteiger partial charge in [0.2, 0.25) is 0 Å². The molecule has 0 spiro atoms. The van der Waals surface area contributed by atoms with Gasteiger partial charge < -0.3 is 11.1 Å². The Morgan fingerprint density at radius 3 is 2.58 bits per heavy atom. The zero-order valence-electron chi connectivity index (χ0n) is 10.2. The lowest BCUT2D eigenvalue weighted by molar-refractivity contribution is 0.0934. The molecule has 104 valence electrons. The number of rotatable bonds is 2. The van der Waals surface area contributed by atoms with E-state index in [9.17, 15) is 13.2 Å². The summed E-state index contributed by atoms with van der Waals surface area (Å²) in [6.45, 7) is 0. The van der Waals surface area contributed by atoms with Gasteiger partial charge in [0, 0.05) is 6.04 Å². The average molecular weight is 303 g/mol. The van der Waals surface area contributed by atoms with Crippen LogP contribution < -0.4 is 11.1 Å². The molecule has 1 saturated heterocycles. The Hall–Kier alpha value is -1.27. The molecule has 0 saturated carbocycles. The Labute approximate surface area is 117 Å². The van der Waals surface area contributed by atoms with Crippen molar-refractivity contribution in [2.45, 2.75) is 18.9 Å². The van der Waals surface area contributed by atoms with Crippen molar-refractivity contribution in [1.29, 1.82) is 0 Å². The number of nitrogens with one attached hydrogen (secondary N) is 1. The number of amides is 1. The Morgan fingerprint density at radius 1 is 1.32 bits per heavy atom. The van der Waals surface area contributed by atoms with Crippen LogP contribution in [0.3, 0.4) is 0 Å². The van der Waals surface area contributed by atoms with Crippen LogP contribution in [-0.2, 0) is 9.84 Å². The number of nitrogens with two attached hydrogens (primary N) is 1. The van der Waals surface area contributed by atoms with Crippen LogP contribution in [0.2, 0.25) is 5.02 Å². The van der Waals surface area contributed by atoms with Crippen LogP contribution in [0.4, 0.5) is 5.69 Å². The molecule has 1 aromatic carbocycles. The van der Waals surface area contributed by atoms with Crippen molar-refractivity contribution in [2.75, 3.05) is 17.2 Å². The Morgan fingerprint density at radius 2 is 1.95 bits per heavy atom. The minimum absolute atomic E-state index is 0.114. The summed E-state index contributed by atoms with van der Waals surface area (Å²) < 4.78 is 22.6. The SMILES string of the molecule is Nc1cccc(C(=O)NC2CCS(=O)(=O)CC2)c1Cl. The number of hydrogen-bond acceptors (Lipinski definition) is 4. The van der Waals surface area contributed by atoms with Gasteiger partial charge in [-0.25, -0.2) is 8.42 Å². The highest BCUT2D eigenvalue weighted by molar-refractivity contribution is 7.91. The molecule has 0 bridgehead atoms. The summed E-state index contributed by atoms with van der Waals surface area (Å²) in [4.78, 5) is 12.0. The molecule has 1 aliphatic rings. The number of anilines is 1. The molecule has 19 heavy (non-hydrogen) atoms. The molecule has 0 aromatic heterocycles. The topological polar surface area (TPSA) is 89.3 Å². The molecule has 1 aliphatic heterocycles. The summed E-state index contributed by atoms with van der Waals surface area (Å²) >= 11 is 5.97. The van der Waals surface area contributed by atoms with E-state index in [1.54, 1.807) is 18.2 Å². The molecule has 1 heterocycles. The number of carbonyl (C=O) groups excluding carboxylic acids is 1. The first-order chi connectivity index (χ1) is 8.89. The first-order valence-corrected chi connectivity index (χ1v) is 8.14. The van der Waals surface area contributed by atoms with Gasteiger partial charge in [-0.3, -0.25) is 4.79 Å². The standard InChI is InChI=1S/C12H15ClN2O3S/c13-11-9(2-1-3-10(11)14)12(16)15-8-4-6-19(17,18)7-5-8/h1-3,8H,4-7,14H2,(H,15,16). The van der Waals surface area contributed by atoms with Crippen LogP contribution in [0.15, 0.2) is 18.2 Å². The molecule has 7 heteroatoms. The van der Waals surface area contributed by atoms with Gasteiger partial charge >= 0.3 is 0 Å². The molecule has 3 N–H and O–H groups in total. The molecule has 2 rings (SSSR count). The summed E-state index contributed by atoms with van der Waals surface area (Å²) in [6, 6.07) is 4.73. The predicted molar refractivity (Wildman–Crippen MR) is 75.0 cm³/mol. The van der Waals surface area contributed by atoms with Crippen molar-refractivity contribution < 1.29 is 13.2 Å². The number of nitrogen functional groups attached to an aromatic ring is 1. The monoisotopic (exact) mass is 302 g/mol. The lowest BCUT2D eigenvalue weighted by Crippen LogP contribution is -2.40. The predicted octanol–water partition coefficient (Wildman–Crippen LogP) is 1.23. The molecule has 1 amide bonds. The van der Waals surface area contributed by atoms with E-state index in [4.69, 9.17) is 17.3 Å². The van der Waals surface area contributed by atoms with Crippen LogP contribution in [0.5, 0.6) is 0 Å². The van der Waals surface area contributed by atoms with Crippen molar-refractivity contribution >= 4 is 33.0 Å². The van der Waals surface area contributed by atoms with Crippen LogP contribution in [0.1, 0.15) is 23.2 Å². The minimum atomic E-state index is -2.93. The fourth-order valence-corrected chi connectivity index (χ4v) is 3.73. The summed E-state index contributed by atoms with van der Waals surface area (Å²) in [5, 5.41) is 3.02. The first-order valence-electron chi connectivity index (χ1n) is 5.94. The van der Waals surface area contributed by atoms with Crippen molar-refractivity contribution in [3.8, 4) is 0 Å². The van der Waals surface area contributed by atoms with Gasteiger partial charge in [0.25, 0.3) is 5.91 Å². The lowest BCUT2D eigenvalue weighted by Gasteiger charge is -2.23. The quantitative estimate of drug-likeness (QED) is 0.804. The second kappa shape index (κ2) is 5.38. The van der Waals surface area contributed by atoms with E-state index in [2.05, 4.69) is 5.32 Å². The lowest BCUT2D eigenvalue weighted by atomic mass is 10.1. The van der Waals surface area contributed by atoms with Crippen LogP contribution >= 0.6 is 11.6 Å². The number of halogens is 1. The Kier molecular flexibility index (Phi) is 4.01. The highest BCUT2D eigenvalue weighted by Crippen LogP contribution is 2.23. The van der Waals surface area contributed by atoms with E-state index in [1.165, 1.54) is 0 Å². The van der Waals surface area contributed by atoms with E-state index in [0.29, 0.717) is 24.1 Å². The molecule has 1 fully saturated rings. The fraction of sp³-hybridized carbons (Fsp3) is 0.417. The van der Waals surface area contributed by atoms with Crippen LogP contribution in [0, 0.1) is 0 Å². The minimum Gasteiger partial charge on any atom is -0.398 e. The van der Waals surface area contributed by atoms with Gasteiger partial charge in [-0.15, -0.1) is 0 Å². The zero-order valence-corrected chi connectivity index (χ0v) is 11.8. The third-order valence-electron chi connectivity index (χ3n) is 3.16. The van der Waals surface area contributed by atoms with Gasteiger partial charge in [0.1, 0.15) is 9.84 Å². The van der Waals surface area contributed by atoms with Gasteiger partial charge in [-0.05, 0) is 25.0 Å². The smallest absolute Gasteiger partial charge is 0.253 e. The van der Waals surface area contributed by atoms with Crippen molar-refractivity contribution in [3.05, 3.63) is 28.8 Å². The maximum absolute atomic E-state index is 12.0. The fourth-order valence-electron chi connectivity index (χ4n) is 2.02. The van der Waals surface area contributed by atoms with Gasteiger partial charge in [0.05, 0.1) is 27.8 Å². The second-order valence-electron chi connectivity index (χ2n) is 4.61. The largest absolute Gasteiger partial charge is 0.398 e. The van der Waals surface area contributed by atoms with Gasteiger partial charge in [-0.2, -0.15) is 0 Å². The van der Waals surface area contributed by atoms with Crippen molar-refractivity contribution in [3.63, 3.8) is 0 Å². The van der Waals surface area contributed by atoms with E-state index in [0.717, 1.165) is 0 Å². The maximum Gasteiger partial charge on any atom is 0.253 e. The summed E-state index contributed by atoms with van der Waals surface area (Å²) in [5.74, 6) is -0.0906. The molecule has 0 radical (unpaired) electrons. The van der Waals surface area contributed by atoms with Crippen molar-refractivity contribution in [1.82, 2.24) is 5.32 Å². The Balaban J connectivity index is 2.04. The third kappa shape index (κ3) is 3.39. The summed E-state index contributed by atoms with van der Waals surface area (Å²) in [6.07, 6.45) is 0.877. The summed E-state index contributed by atoms with van der Waals surface area (Å²) in [7, 11) is -2.93. The average Bonchev–Trinajstić information content (AvgIpc) is 2.35. The normalized spacial score (nSPS) is 19.0. The third-order valence-corrected chi connectivity index (χ3v) is 5.30. The van der Waals surface area contributed by atoms with E-state index >= 15 is 0 Å². The molecular weight excluding hydrogens is 288 g/mol. The second-order valence-corrected chi connectivity index (χ2v) is 7.29. The molecular formula is C12H15ClN2O3S. The van der Waals surface area contributed by atoms with Gasteiger partial charge in [0.15, 0.2) is 0 Å². The van der Waals surface area contributed by atoms with Gasteiger partial charge in [-0.1, -0.05) is 17.7 Å². The first kappa shape index (κ1) is 14.1. The number of benzene rings is 1. The molecule has 0 atom stereocenters. The van der Waals surface area contributed by atoms with Crippen LogP contribution in [-0.4, -0.2) is 31.9 Å². The highest BCUT2D eigenvalue weighted by Gasteiger charge is 2.25. The number of hydrogen-bond donors (Lipinski definition) is 2. The van der Waals surface area contributed by atoms with Crippen LogP contribution in [0.25, 0.3) is 0 Å². The molecule has 5 nitrogen and oxygen atoms in total. The zero-order chi connectivity index (χ0) is 14.0. The number of carbonyl (C=O) groups is 1. The Bertz CT molecular complexity index is 587. The number of sulfone groups is 1. The summed E-state index contributed by atoms with van der Waals surface area (Å²) in [5.41, 5.74) is 6.30. The van der Waals surface area contributed by atoms with E-state index < -0.39 is 9.84 Å². The van der Waals surface area contributed by atoms with E-state index in [-0.39, 0.29) is 28.5 Å². The molecule has 0 unspecified atom stereocenters. The maximum atomic E-state index is 12.0. The highest BCUT2D eigenvalue weighted by atomic mass is 35.5. The van der Waals surface area contributed by atoms with Crippen molar-refractivity contribution in [2.24, 2.45) is 0 Å². The van der Waals surface area contributed by atoms with E-state index in [1.807, 2.05) is 0 Å².